The summed E-state index contributed by atoms with van der Waals surface area (Å²) >= 11 is 1.99. The molecule has 31 heavy (non-hydrogen) atoms. The molecule has 1 aromatic heterocycles. The standard InChI is InChI=1S/C24H30F3N3S/c25-24(26,27)22-8-4-7-21(28-22)9-10-23(11-17-31-18-12-23)30-15-13-29(14-16-30)19-20-5-2-1-3-6-20/h1-8H,9-19H2. The third-order valence-electron chi connectivity index (χ3n) is 6.66. The van der Waals surface area contributed by atoms with E-state index in [1.807, 2.05) is 17.8 Å². The first kappa shape index (κ1) is 22.6. The highest BCUT2D eigenvalue weighted by Gasteiger charge is 2.39. The van der Waals surface area contributed by atoms with Crippen LogP contribution in [0.4, 0.5) is 13.2 Å². The van der Waals surface area contributed by atoms with Crippen LogP contribution in [0.1, 0.15) is 36.2 Å². The molecule has 3 heterocycles. The summed E-state index contributed by atoms with van der Waals surface area (Å²) in [5.41, 5.74) is 1.19. The van der Waals surface area contributed by atoms with Crippen molar-refractivity contribution in [2.45, 2.75) is 43.9 Å². The number of rotatable bonds is 6. The molecule has 0 unspecified atom stereocenters. The highest BCUT2D eigenvalue weighted by molar-refractivity contribution is 7.99. The van der Waals surface area contributed by atoms with Gasteiger partial charge in [-0.1, -0.05) is 36.4 Å². The van der Waals surface area contributed by atoms with Crippen molar-refractivity contribution in [3.8, 4) is 0 Å². The predicted molar refractivity (Wildman–Crippen MR) is 120 cm³/mol. The van der Waals surface area contributed by atoms with Crippen molar-refractivity contribution in [2.75, 3.05) is 37.7 Å². The number of aromatic nitrogens is 1. The van der Waals surface area contributed by atoms with Gasteiger partial charge in [0.25, 0.3) is 0 Å². The molecule has 2 aromatic rings. The van der Waals surface area contributed by atoms with Gasteiger partial charge in [0.1, 0.15) is 5.69 Å². The van der Waals surface area contributed by atoms with Gasteiger partial charge in [-0.05, 0) is 54.9 Å². The number of aryl methyl sites for hydroxylation is 1. The van der Waals surface area contributed by atoms with Gasteiger partial charge in [-0.15, -0.1) is 0 Å². The number of piperazine rings is 1. The van der Waals surface area contributed by atoms with E-state index in [9.17, 15) is 13.2 Å². The van der Waals surface area contributed by atoms with Gasteiger partial charge in [0.15, 0.2) is 0 Å². The Bertz CT molecular complexity index is 829. The van der Waals surface area contributed by atoms with Crippen molar-refractivity contribution >= 4 is 11.8 Å². The van der Waals surface area contributed by atoms with E-state index < -0.39 is 11.9 Å². The number of hydrogen-bond donors (Lipinski definition) is 0. The SMILES string of the molecule is FC(F)(F)c1cccc(CCC2(N3CCN(Cc4ccccc4)CC3)CCSCC2)n1. The summed E-state index contributed by atoms with van der Waals surface area (Å²) in [5, 5.41) is 0. The second-order valence-electron chi connectivity index (χ2n) is 8.60. The summed E-state index contributed by atoms with van der Waals surface area (Å²) in [6.07, 6.45) is -0.700. The Labute approximate surface area is 187 Å². The van der Waals surface area contributed by atoms with E-state index in [4.69, 9.17) is 0 Å². The Morgan fingerprint density at radius 1 is 0.903 bits per heavy atom. The summed E-state index contributed by atoms with van der Waals surface area (Å²) in [6, 6.07) is 14.8. The van der Waals surface area contributed by atoms with E-state index >= 15 is 0 Å². The molecule has 0 spiro atoms. The Kier molecular flexibility index (Phi) is 7.24. The number of hydrogen-bond acceptors (Lipinski definition) is 4. The maximum absolute atomic E-state index is 13.0. The van der Waals surface area contributed by atoms with Crippen molar-refractivity contribution in [1.82, 2.24) is 14.8 Å². The quantitative estimate of drug-likeness (QED) is 0.610. The molecule has 0 bridgehead atoms. The zero-order valence-corrected chi connectivity index (χ0v) is 18.6. The van der Waals surface area contributed by atoms with Gasteiger partial charge in [0.2, 0.25) is 0 Å². The number of alkyl halides is 3. The zero-order chi connectivity index (χ0) is 21.7. The molecule has 1 aromatic carbocycles. The molecule has 2 fully saturated rings. The van der Waals surface area contributed by atoms with Gasteiger partial charge in [-0.3, -0.25) is 9.80 Å². The van der Waals surface area contributed by atoms with Gasteiger partial charge in [-0.25, -0.2) is 4.98 Å². The van der Waals surface area contributed by atoms with Crippen molar-refractivity contribution in [2.24, 2.45) is 0 Å². The summed E-state index contributed by atoms with van der Waals surface area (Å²) in [4.78, 5) is 9.04. The van der Waals surface area contributed by atoms with E-state index in [0.717, 1.165) is 69.6 Å². The number of pyridine rings is 1. The highest BCUT2D eigenvalue weighted by atomic mass is 32.2. The van der Waals surface area contributed by atoms with E-state index in [1.165, 1.54) is 11.6 Å². The second-order valence-corrected chi connectivity index (χ2v) is 9.82. The Morgan fingerprint density at radius 3 is 2.29 bits per heavy atom. The summed E-state index contributed by atoms with van der Waals surface area (Å²) in [6.45, 7) is 5.09. The highest BCUT2D eigenvalue weighted by Crippen LogP contribution is 2.37. The molecule has 0 aliphatic carbocycles. The van der Waals surface area contributed by atoms with Crippen molar-refractivity contribution < 1.29 is 13.2 Å². The van der Waals surface area contributed by atoms with Crippen LogP contribution >= 0.6 is 11.8 Å². The minimum atomic E-state index is -4.38. The van der Waals surface area contributed by atoms with Crippen LogP contribution in [0.2, 0.25) is 0 Å². The lowest BCUT2D eigenvalue weighted by molar-refractivity contribution is -0.141. The van der Waals surface area contributed by atoms with Crippen LogP contribution in [-0.4, -0.2) is 58.0 Å². The van der Waals surface area contributed by atoms with E-state index in [0.29, 0.717) is 12.1 Å². The molecule has 2 aliphatic rings. The van der Waals surface area contributed by atoms with Crippen molar-refractivity contribution in [3.05, 3.63) is 65.5 Å². The molecule has 0 amide bonds. The molecule has 0 radical (unpaired) electrons. The minimum absolute atomic E-state index is 0.0833. The first-order valence-electron chi connectivity index (χ1n) is 11.1. The van der Waals surface area contributed by atoms with Crippen LogP contribution in [0.15, 0.2) is 48.5 Å². The fourth-order valence-electron chi connectivity index (χ4n) is 4.84. The van der Waals surface area contributed by atoms with Gasteiger partial charge in [-0.2, -0.15) is 24.9 Å². The van der Waals surface area contributed by atoms with Gasteiger partial charge in [0.05, 0.1) is 0 Å². The smallest absolute Gasteiger partial charge is 0.297 e. The number of benzene rings is 1. The number of nitrogens with zero attached hydrogens (tertiary/aromatic N) is 3. The molecule has 0 saturated carbocycles. The van der Waals surface area contributed by atoms with Crippen LogP contribution in [0, 0.1) is 0 Å². The molecule has 0 atom stereocenters. The zero-order valence-electron chi connectivity index (χ0n) is 17.8. The maximum atomic E-state index is 13.0. The molecule has 2 aliphatic heterocycles. The lowest BCUT2D eigenvalue weighted by atomic mass is 9.84. The molecule has 4 rings (SSSR count). The van der Waals surface area contributed by atoms with E-state index in [2.05, 4.69) is 39.0 Å². The molecular weight excluding hydrogens is 419 g/mol. The molecule has 7 heteroatoms. The fourth-order valence-corrected chi connectivity index (χ4v) is 6.09. The van der Waals surface area contributed by atoms with E-state index in [-0.39, 0.29) is 5.54 Å². The number of halogens is 3. The Hall–Kier alpha value is -1.57. The van der Waals surface area contributed by atoms with Crippen LogP contribution in [0.3, 0.4) is 0 Å². The fraction of sp³-hybridized carbons (Fsp3) is 0.542. The van der Waals surface area contributed by atoms with Crippen molar-refractivity contribution in [3.63, 3.8) is 0 Å². The lowest BCUT2D eigenvalue weighted by Crippen LogP contribution is -2.58. The largest absolute Gasteiger partial charge is 0.433 e. The van der Waals surface area contributed by atoms with Crippen LogP contribution in [-0.2, 0) is 19.1 Å². The molecule has 0 N–H and O–H groups in total. The predicted octanol–water partition coefficient (Wildman–Crippen LogP) is 5.12. The first-order valence-corrected chi connectivity index (χ1v) is 12.2. The van der Waals surface area contributed by atoms with Crippen LogP contribution in [0.5, 0.6) is 0 Å². The van der Waals surface area contributed by atoms with E-state index in [1.54, 1.807) is 6.07 Å². The molecule has 2 saturated heterocycles. The third-order valence-corrected chi connectivity index (χ3v) is 7.64. The van der Waals surface area contributed by atoms with Gasteiger partial charge in [0, 0.05) is 44.0 Å². The summed E-state index contributed by atoms with van der Waals surface area (Å²) in [7, 11) is 0. The Balaban J connectivity index is 1.39. The van der Waals surface area contributed by atoms with Crippen LogP contribution in [0.25, 0.3) is 0 Å². The average Bonchev–Trinajstić information content (AvgIpc) is 2.79. The third kappa shape index (κ3) is 5.82. The first-order chi connectivity index (χ1) is 14.9. The Morgan fingerprint density at radius 2 is 1.61 bits per heavy atom. The maximum Gasteiger partial charge on any atom is 0.433 e. The summed E-state index contributed by atoms with van der Waals surface area (Å²) in [5.74, 6) is 2.25. The van der Waals surface area contributed by atoms with Crippen LogP contribution < -0.4 is 0 Å². The van der Waals surface area contributed by atoms with Crippen molar-refractivity contribution in [1.29, 1.82) is 0 Å². The molecule has 168 valence electrons. The normalized spacial score (nSPS) is 20.6. The van der Waals surface area contributed by atoms with Gasteiger partial charge >= 0.3 is 6.18 Å². The molecule has 3 nitrogen and oxygen atoms in total. The average molecular weight is 450 g/mol. The summed E-state index contributed by atoms with van der Waals surface area (Å²) < 4.78 is 39.1. The monoisotopic (exact) mass is 449 g/mol. The lowest BCUT2D eigenvalue weighted by Gasteiger charge is -2.50. The number of thioether (sulfide) groups is 1. The topological polar surface area (TPSA) is 19.4 Å². The van der Waals surface area contributed by atoms with Gasteiger partial charge < -0.3 is 0 Å². The second kappa shape index (κ2) is 9.92. The molecular formula is C24H30F3N3S. The minimum Gasteiger partial charge on any atom is -0.297 e.